The standard InChI is InChI=1S/C21H21N3O5S/c1-13-10-17-18(28-13)11-14(21(25)22-20-8-9-24(2)23-20)12-19(17)29-15-4-6-16(7-5-15)30(3,26)27/h4-9,11-13H,10H2,1-3H3,(H,22,23,25). The number of aryl methyl sites for hydroxylation is 1. The summed E-state index contributed by atoms with van der Waals surface area (Å²) in [5.74, 6) is 1.66. The molecule has 9 heteroatoms. The number of ether oxygens (including phenoxy) is 2. The Labute approximate surface area is 174 Å². The van der Waals surface area contributed by atoms with E-state index in [1.807, 2.05) is 6.92 Å². The molecule has 0 radical (unpaired) electrons. The van der Waals surface area contributed by atoms with Gasteiger partial charge in [-0.15, -0.1) is 0 Å². The minimum absolute atomic E-state index is 0.0379. The highest BCUT2D eigenvalue weighted by Crippen LogP contribution is 2.39. The van der Waals surface area contributed by atoms with Crippen molar-refractivity contribution in [3.63, 3.8) is 0 Å². The van der Waals surface area contributed by atoms with Crippen LogP contribution in [0.4, 0.5) is 5.82 Å². The Morgan fingerprint density at radius 2 is 1.97 bits per heavy atom. The molecule has 1 N–H and O–H groups in total. The van der Waals surface area contributed by atoms with Crippen LogP contribution >= 0.6 is 0 Å². The molecule has 3 aromatic rings. The zero-order chi connectivity index (χ0) is 21.5. The van der Waals surface area contributed by atoms with Crippen LogP contribution in [-0.4, -0.2) is 36.5 Å². The fraction of sp³-hybridized carbons (Fsp3) is 0.238. The first kappa shape index (κ1) is 20.0. The highest BCUT2D eigenvalue weighted by atomic mass is 32.2. The topological polar surface area (TPSA) is 99.5 Å². The Kier molecular flexibility index (Phi) is 4.98. The molecule has 4 rings (SSSR count). The monoisotopic (exact) mass is 427 g/mol. The first-order valence-corrected chi connectivity index (χ1v) is 11.2. The van der Waals surface area contributed by atoms with E-state index in [0.29, 0.717) is 35.1 Å². The molecule has 156 valence electrons. The molecule has 0 fully saturated rings. The summed E-state index contributed by atoms with van der Waals surface area (Å²) in [6, 6.07) is 11.2. The maximum atomic E-state index is 12.7. The molecule has 1 aliphatic rings. The van der Waals surface area contributed by atoms with Gasteiger partial charge in [0, 0.05) is 43.1 Å². The van der Waals surface area contributed by atoms with E-state index in [4.69, 9.17) is 9.47 Å². The zero-order valence-corrected chi connectivity index (χ0v) is 17.6. The summed E-state index contributed by atoms with van der Waals surface area (Å²) in [6.45, 7) is 1.94. The largest absolute Gasteiger partial charge is 0.490 e. The fourth-order valence-corrected chi connectivity index (χ4v) is 3.88. The van der Waals surface area contributed by atoms with Gasteiger partial charge in [-0.05, 0) is 43.3 Å². The zero-order valence-electron chi connectivity index (χ0n) is 16.7. The van der Waals surface area contributed by atoms with Crippen molar-refractivity contribution >= 4 is 21.6 Å². The van der Waals surface area contributed by atoms with Gasteiger partial charge in [0.25, 0.3) is 5.91 Å². The molecular formula is C21H21N3O5S. The molecule has 0 spiro atoms. The van der Waals surface area contributed by atoms with Gasteiger partial charge in [0.05, 0.1) is 4.90 Å². The number of nitrogens with zero attached hydrogens (tertiary/aromatic N) is 2. The van der Waals surface area contributed by atoms with Crippen LogP contribution in [-0.2, 0) is 23.3 Å². The Morgan fingerprint density at radius 1 is 1.23 bits per heavy atom. The van der Waals surface area contributed by atoms with Crippen LogP contribution in [0.25, 0.3) is 0 Å². The predicted molar refractivity (Wildman–Crippen MR) is 111 cm³/mol. The maximum Gasteiger partial charge on any atom is 0.257 e. The van der Waals surface area contributed by atoms with Crippen molar-refractivity contribution < 1.29 is 22.7 Å². The third-order valence-corrected chi connectivity index (χ3v) is 5.81. The number of hydrogen-bond donors (Lipinski definition) is 1. The van der Waals surface area contributed by atoms with Gasteiger partial charge in [0.15, 0.2) is 15.7 Å². The fourth-order valence-electron chi connectivity index (χ4n) is 3.25. The van der Waals surface area contributed by atoms with Crippen molar-refractivity contribution in [2.75, 3.05) is 11.6 Å². The number of anilines is 1. The Bertz CT molecular complexity index is 1220. The number of nitrogens with one attached hydrogen (secondary N) is 1. The van der Waals surface area contributed by atoms with Gasteiger partial charge in [-0.3, -0.25) is 9.48 Å². The minimum atomic E-state index is -3.29. The first-order chi connectivity index (χ1) is 14.2. The van der Waals surface area contributed by atoms with E-state index >= 15 is 0 Å². The van der Waals surface area contributed by atoms with Crippen molar-refractivity contribution in [1.82, 2.24) is 9.78 Å². The molecule has 0 saturated heterocycles. The second kappa shape index (κ2) is 7.49. The van der Waals surface area contributed by atoms with Crippen molar-refractivity contribution in [2.45, 2.75) is 24.3 Å². The molecule has 30 heavy (non-hydrogen) atoms. The summed E-state index contributed by atoms with van der Waals surface area (Å²) < 4.78 is 36.7. The lowest BCUT2D eigenvalue weighted by Crippen LogP contribution is -2.13. The van der Waals surface area contributed by atoms with E-state index in [1.54, 1.807) is 48.3 Å². The molecule has 8 nitrogen and oxygen atoms in total. The average molecular weight is 427 g/mol. The minimum Gasteiger partial charge on any atom is -0.490 e. The quantitative estimate of drug-likeness (QED) is 0.671. The van der Waals surface area contributed by atoms with Crippen LogP contribution in [0, 0.1) is 0 Å². The normalized spacial score (nSPS) is 15.4. The second-order valence-corrected chi connectivity index (χ2v) is 9.27. The highest BCUT2D eigenvalue weighted by Gasteiger charge is 2.26. The number of rotatable bonds is 5. The summed E-state index contributed by atoms with van der Waals surface area (Å²) in [4.78, 5) is 12.9. The van der Waals surface area contributed by atoms with Crippen LogP contribution in [0.3, 0.4) is 0 Å². The van der Waals surface area contributed by atoms with Gasteiger partial charge in [-0.2, -0.15) is 5.10 Å². The van der Waals surface area contributed by atoms with Crippen LogP contribution < -0.4 is 14.8 Å². The average Bonchev–Trinajstić information content (AvgIpc) is 3.25. The number of carbonyl (C=O) groups excluding carboxylic acids is 1. The molecular weight excluding hydrogens is 406 g/mol. The maximum absolute atomic E-state index is 12.7. The smallest absolute Gasteiger partial charge is 0.257 e. The van der Waals surface area contributed by atoms with E-state index in [1.165, 1.54) is 12.1 Å². The summed E-state index contributed by atoms with van der Waals surface area (Å²) >= 11 is 0. The molecule has 1 aliphatic heterocycles. The molecule has 1 aromatic heterocycles. The number of amides is 1. The lowest BCUT2D eigenvalue weighted by atomic mass is 10.1. The summed E-state index contributed by atoms with van der Waals surface area (Å²) in [5, 5.41) is 6.90. The van der Waals surface area contributed by atoms with E-state index in [9.17, 15) is 13.2 Å². The molecule has 0 saturated carbocycles. The molecule has 0 aliphatic carbocycles. The number of aromatic nitrogens is 2. The lowest BCUT2D eigenvalue weighted by Gasteiger charge is -2.12. The third-order valence-electron chi connectivity index (χ3n) is 4.68. The molecule has 0 bridgehead atoms. The molecule has 2 aromatic carbocycles. The summed E-state index contributed by atoms with van der Waals surface area (Å²) in [6.07, 6.45) is 3.49. The number of carbonyl (C=O) groups is 1. The van der Waals surface area contributed by atoms with E-state index in [2.05, 4.69) is 10.4 Å². The van der Waals surface area contributed by atoms with Crippen LogP contribution in [0.15, 0.2) is 53.6 Å². The van der Waals surface area contributed by atoms with Gasteiger partial charge < -0.3 is 14.8 Å². The Hall–Kier alpha value is -3.33. The second-order valence-electron chi connectivity index (χ2n) is 7.26. The van der Waals surface area contributed by atoms with Crippen molar-refractivity contribution in [1.29, 1.82) is 0 Å². The van der Waals surface area contributed by atoms with Gasteiger partial charge in [-0.1, -0.05) is 0 Å². The van der Waals surface area contributed by atoms with Gasteiger partial charge in [0.1, 0.15) is 23.4 Å². The van der Waals surface area contributed by atoms with E-state index in [-0.39, 0.29) is 16.9 Å². The Morgan fingerprint density at radius 3 is 2.60 bits per heavy atom. The lowest BCUT2D eigenvalue weighted by molar-refractivity contribution is 0.102. The SMILES string of the molecule is CC1Cc2c(Oc3ccc(S(C)(=O)=O)cc3)cc(C(=O)Nc3ccn(C)n3)cc2O1. The van der Waals surface area contributed by atoms with Crippen LogP contribution in [0.5, 0.6) is 17.2 Å². The molecule has 2 heterocycles. The highest BCUT2D eigenvalue weighted by molar-refractivity contribution is 7.90. The molecule has 1 atom stereocenters. The Balaban J connectivity index is 1.64. The van der Waals surface area contributed by atoms with Gasteiger partial charge >= 0.3 is 0 Å². The van der Waals surface area contributed by atoms with E-state index in [0.717, 1.165) is 11.8 Å². The first-order valence-electron chi connectivity index (χ1n) is 9.31. The number of fused-ring (bicyclic) bond motifs is 1. The van der Waals surface area contributed by atoms with Gasteiger partial charge in [0.2, 0.25) is 0 Å². The van der Waals surface area contributed by atoms with Crippen molar-refractivity contribution in [2.24, 2.45) is 7.05 Å². The van der Waals surface area contributed by atoms with Gasteiger partial charge in [-0.25, -0.2) is 8.42 Å². The molecule has 1 amide bonds. The molecule has 1 unspecified atom stereocenters. The van der Waals surface area contributed by atoms with Crippen molar-refractivity contribution in [3.8, 4) is 17.2 Å². The van der Waals surface area contributed by atoms with Crippen molar-refractivity contribution in [3.05, 3.63) is 59.8 Å². The number of benzene rings is 2. The summed E-state index contributed by atoms with van der Waals surface area (Å²) in [5.41, 5.74) is 1.24. The number of hydrogen-bond acceptors (Lipinski definition) is 6. The summed E-state index contributed by atoms with van der Waals surface area (Å²) in [7, 11) is -1.53. The van der Waals surface area contributed by atoms with Crippen LogP contribution in [0.2, 0.25) is 0 Å². The third kappa shape index (κ3) is 4.16. The number of sulfone groups is 1. The van der Waals surface area contributed by atoms with E-state index < -0.39 is 9.84 Å². The predicted octanol–water partition coefficient (Wildman–Crippen LogP) is 3.19. The van der Waals surface area contributed by atoms with Crippen LogP contribution in [0.1, 0.15) is 22.8 Å².